The Kier molecular flexibility index (Phi) is 5.42. The van der Waals surface area contributed by atoms with Gasteiger partial charge in [-0.2, -0.15) is 15.0 Å². The Morgan fingerprint density at radius 2 is 2.13 bits per heavy atom. The second kappa shape index (κ2) is 6.35. The van der Waals surface area contributed by atoms with E-state index in [1.165, 1.54) is 18.9 Å². The second-order valence-corrected chi connectivity index (χ2v) is 4.90. The topological polar surface area (TPSA) is 47.9 Å². The SMILES string of the molecule is COc1nc(Cl)nc(SC(C)CCCl)n1. The molecule has 1 atom stereocenters. The standard InChI is InChI=1S/C8H11Cl2N3OS/c1-5(3-4-9)15-8-12-6(10)11-7(13-8)14-2/h5H,3-4H2,1-2H3. The van der Waals surface area contributed by atoms with Crippen LogP contribution in [0.4, 0.5) is 0 Å². The highest BCUT2D eigenvalue weighted by atomic mass is 35.5. The maximum atomic E-state index is 5.71. The minimum atomic E-state index is 0.141. The summed E-state index contributed by atoms with van der Waals surface area (Å²) < 4.78 is 4.89. The first-order valence-electron chi connectivity index (χ1n) is 4.34. The molecule has 0 aromatic carbocycles. The van der Waals surface area contributed by atoms with E-state index < -0.39 is 0 Å². The average molecular weight is 268 g/mol. The lowest BCUT2D eigenvalue weighted by Gasteiger charge is -2.07. The predicted molar refractivity (Wildman–Crippen MR) is 62.0 cm³/mol. The van der Waals surface area contributed by atoms with E-state index in [-0.39, 0.29) is 11.3 Å². The van der Waals surface area contributed by atoms with Crippen molar-refractivity contribution in [3.8, 4) is 6.01 Å². The number of methoxy groups -OCH3 is 1. The van der Waals surface area contributed by atoms with Gasteiger partial charge in [-0.05, 0) is 18.0 Å². The van der Waals surface area contributed by atoms with E-state index in [0.717, 1.165) is 6.42 Å². The van der Waals surface area contributed by atoms with Crippen LogP contribution in [-0.2, 0) is 0 Å². The zero-order valence-electron chi connectivity index (χ0n) is 8.41. The van der Waals surface area contributed by atoms with Gasteiger partial charge in [0.05, 0.1) is 7.11 Å². The zero-order valence-corrected chi connectivity index (χ0v) is 10.7. The first kappa shape index (κ1) is 12.8. The lowest BCUT2D eigenvalue weighted by molar-refractivity contribution is 0.373. The molecule has 0 spiro atoms. The van der Waals surface area contributed by atoms with Gasteiger partial charge in [0.1, 0.15) is 0 Å². The Labute approximate surface area is 103 Å². The van der Waals surface area contributed by atoms with E-state index in [9.17, 15) is 0 Å². The minimum absolute atomic E-state index is 0.141. The third-order valence-electron chi connectivity index (χ3n) is 1.57. The van der Waals surface area contributed by atoms with Gasteiger partial charge < -0.3 is 4.74 Å². The van der Waals surface area contributed by atoms with E-state index in [1.807, 2.05) is 0 Å². The monoisotopic (exact) mass is 267 g/mol. The summed E-state index contributed by atoms with van der Waals surface area (Å²) in [7, 11) is 1.49. The number of ether oxygens (including phenoxy) is 1. The molecule has 84 valence electrons. The van der Waals surface area contributed by atoms with Gasteiger partial charge in [0.25, 0.3) is 0 Å². The van der Waals surface area contributed by atoms with Crippen molar-refractivity contribution in [3.05, 3.63) is 5.28 Å². The van der Waals surface area contributed by atoms with Crippen molar-refractivity contribution in [2.24, 2.45) is 0 Å². The molecule has 7 heteroatoms. The molecule has 0 aliphatic carbocycles. The quantitative estimate of drug-likeness (QED) is 0.607. The number of hydrogen-bond donors (Lipinski definition) is 0. The molecule has 0 radical (unpaired) electrons. The van der Waals surface area contributed by atoms with Crippen molar-refractivity contribution >= 4 is 35.0 Å². The molecule has 1 aromatic rings. The van der Waals surface area contributed by atoms with Crippen LogP contribution < -0.4 is 4.74 Å². The van der Waals surface area contributed by atoms with Crippen LogP contribution in [0.1, 0.15) is 13.3 Å². The van der Waals surface area contributed by atoms with Gasteiger partial charge in [0.2, 0.25) is 5.28 Å². The highest BCUT2D eigenvalue weighted by Crippen LogP contribution is 2.24. The fraction of sp³-hybridized carbons (Fsp3) is 0.625. The largest absolute Gasteiger partial charge is 0.467 e. The Hall–Kier alpha value is -0.260. The molecule has 0 amide bonds. The van der Waals surface area contributed by atoms with Crippen LogP contribution in [0.15, 0.2) is 5.16 Å². The Morgan fingerprint density at radius 3 is 2.73 bits per heavy atom. The summed E-state index contributed by atoms with van der Waals surface area (Å²) >= 11 is 12.8. The molecule has 1 rings (SSSR count). The number of hydrogen-bond acceptors (Lipinski definition) is 5. The molecule has 0 aliphatic rings. The van der Waals surface area contributed by atoms with Gasteiger partial charge >= 0.3 is 6.01 Å². The molecule has 15 heavy (non-hydrogen) atoms. The summed E-state index contributed by atoms with van der Waals surface area (Å²) in [4.78, 5) is 11.8. The number of rotatable bonds is 5. The highest BCUT2D eigenvalue weighted by molar-refractivity contribution is 7.99. The fourth-order valence-electron chi connectivity index (χ4n) is 0.851. The number of halogens is 2. The van der Waals surface area contributed by atoms with Gasteiger partial charge in [-0.15, -0.1) is 11.6 Å². The summed E-state index contributed by atoms with van der Waals surface area (Å²) in [5.41, 5.74) is 0. The van der Waals surface area contributed by atoms with E-state index in [1.54, 1.807) is 0 Å². The molecule has 1 unspecified atom stereocenters. The van der Waals surface area contributed by atoms with Gasteiger partial charge in [-0.3, -0.25) is 0 Å². The molecule has 0 fully saturated rings. The highest BCUT2D eigenvalue weighted by Gasteiger charge is 2.09. The van der Waals surface area contributed by atoms with E-state index in [4.69, 9.17) is 27.9 Å². The molecule has 0 bridgehead atoms. The van der Waals surface area contributed by atoms with Gasteiger partial charge in [0, 0.05) is 11.1 Å². The van der Waals surface area contributed by atoms with Crippen LogP contribution in [0.3, 0.4) is 0 Å². The Morgan fingerprint density at radius 1 is 1.40 bits per heavy atom. The first-order chi connectivity index (χ1) is 7.15. The van der Waals surface area contributed by atoms with Crippen molar-refractivity contribution in [1.29, 1.82) is 0 Å². The molecular formula is C8H11Cl2N3OS. The molecule has 0 saturated carbocycles. The second-order valence-electron chi connectivity index (χ2n) is 2.78. The van der Waals surface area contributed by atoms with Crippen LogP contribution >= 0.6 is 35.0 Å². The fourth-order valence-corrected chi connectivity index (χ4v) is 2.38. The third kappa shape index (κ3) is 4.40. The number of aromatic nitrogens is 3. The van der Waals surface area contributed by atoms with E-state index in [2.05, 4.69) is 21.9 Å². The predicted octanol–water partition coefficient (Wildman–Crippen LogP) is 2.64. The van der Waals surface area contributed by atoms with Crippen molar-refractivity contribution in [2.45, 2.75) is 23.8 Å². The van der Waals surface area contributed by atoms with Crippen LogP contribution in [0.2, 0.25) is 5.28 Å². The van der Waals surface area contributed by atoms with Gasteiger partial charge in [-0.25, -0.2) is 0 Å². The minimum Gasteiger partial charge on any atom is -0.467 e. The molecule has 1 aromatic heterocycles. The van der Waals surface area contributed by atoms with Crippen molar-refractivity contribution in [2.75, 3.05) is 13.0 Å². The maximum Gasteiger partial charge on any atom is 0.321 e. The average Bonchev–Trinajstić information content (AvgIpc) is 2.17. The van der Waals surface area contributed by atoms with E-state index >= 15 is 0 Å². The summed E-state index contributed by atoms with van der Waals surface area (Å²) in [6.07, 6.45) is 0.887. The summed E-state index contributed by atoms with van der Waals surface area (Å²) in [5.74, 6) is 0.615. The number of alkyl halides is 1. The molecule has 0 saturated heterocycles. The zero-order chi connectivity index (χ0) is 11.3. The Balaban J connectivity index is 2.71. The molecule has 0 N–H and O–H groups in total. The molecule has 4 nitrogen and oxygen atoms in total. The molecular weight excluding hydrogens is 257 g/mol. The smallest absolute Gasteiger partial charge is 0.321 e. The number of thioether (sulfide) groups is 1. The molecule has 0 aliphatic heterocycles. The summed E-state index contributed by atoms with van der Waals surface area (Å²) in [6, 6.07) is 0.232. The van der Waals surface area contributed by atoms with Crippen LogP contribution in [0.5, 0.6) is 6.01 Å². The summed E-state index contributed by atoms with van der Waals surface area (Å²) in [6.45, 7) is 2.05. The van der Waals surface area contributed by atoms with Gasteiger partial charge in [-0.1, -0.05) is 18.7 Å². The summed E-state index contributed by atoms with van der Waals surface area (Å²) in [5, 5.41) is 1.04. The van der Waals surface area contributed by atoms with Crippen molar-refractivity contribution < 1.29 is 4.74 Å². The van der Waals surface area contributed by atoms with Crippen LogP contribution in [0, 0.1) is 0 Å². The van der Waals surface area contributed by atoms with E-state index in [0.29, 0.717) is 16.3 Å². The third-order valence-corrected chi connectivity index (χ3v) is 2.99. The lowest BCUT2D eigenvalue weighted by atomic mass is 10.4. The van der Waals surface area contributed by atoms with Gasteiger partial charge in [0.15, 0.2) is 5.16 Å². The number of nitrogens with zero attached hydrogens (tertiary/aromatic N) is 3. The maximum absolute atomic E-state index is 5.71. The van der Waals surface area contributed by atoms with Crippen molar-refractivity contribution in [1.82, 2.24) is 15.0 Å². The normalized spacial score (nSPS) is 12.5. The lowest BCUT2D eigenvalue weighted by Crippen LogP contribution is -2.02. The van der Waals surface area contributed by atoms with Crippen molar-refractivity contribution in [3.63, 3.8) is 0 Å². The molecule has 1 heterocycles. The Bertz CT molecular complexity index is 327. The van der Waals surface area contributed by atoms with Crippen LogP contribution in [0.25, 0.3) is 0 Å². The first-order valence-corrected chi connectivity index (χ1v) is 6.13. The van der Waals surface area contributed by atoms with Crippen LogP contribution in [-0.4, -0.2) is 33.2 Å².